The lowest BCUT2D eigenvalue weighted by molar-refractivity contribution is -0.142. The first kappa shape index (κ1) is 10.3. The van der Waals surface area contributed by atoms with Crippen molar-refractivity contribution in [1.82, 2.24) is 0 Å². The summed E-state index contributed by atoms with van der Waals surface area (Å²) in [6, 6.07) is -1.32. The van der Waals surface area contributed by atoms with Crippen molar-refractivity contribution < 1.29 is 20.1 Å². The zero-order valence-corrected chi connectivity index (χ0v) is 6.27. The van der Waals surface area contributed by atoms with Crippen LogP contribution in [0.4, 0.5) is 0 Å². The van der Waals surface area contributed by atoms with E-state index in [1.54, 1.807) is 0 Å². The largest absolute Gasteiger partial charge is 0.480 e. The number of aliphatic hydroxyl groups is 2. The molecule has 0 aromatic rings. The van der Waals surface area contributed by atoms with Gasteiger partial charge in [-0.05, 0) is 0 Å². The molecule has 0 spiro atoms. The third-order valence-electron chi connectivity index (χ3n) is 1.52. The van der Waals surface area contributed by atoms with Gasteiger partial charge in [-0.1, -0.05) is 6.92 Å². The predicted octanol–water partition coefficient (Wildman–Crippen LogP) is -1.61. The van der Waals surface area contributed by atoms with Crippen LogP contribution in [0.5, 0.6) is 0 Å². The van der Waals surface area contributed by atoms with Crippen molar-refractivity contribution in [2.24, 2.45) is 11.7 Å². The summed E-state index contributed by atoms with van der Waals surface area (Å²) >= 11 is 0. The first-order valence-electron chi connectivity index (χ1n) is 3.28. The second-order valence-electron chi connectivity index (χ2n) is 2.51. The van der Waals surface area contributed by atoms with E-state index in [0.717, 1.165) is 0 Å². The van der Waals surface area contributed by atoms with Crippen LogP contribution in [0, 0.1) is 5.92 Å². The molecule has 5 nitrogen and oxygen atoms in total. The minimum Gasteiger partial charge on any atom is -0.480 e. The first-order chi connectivity index (χ1) is 5.00. The quantitative estimate of drug-likeness (QED) is 0.399. The molecule has 0 aromatic heterocycles. The average Bonchev–Trinajstić information content (AvgIpc) is 2.00. The van der Waals surface area contributed by atoms with Gasteiger partial charge in [0.05, 0.1) is 6.10 Å². The lowest BCUT2D eigenvalue weighted by Gasteiger charge is -2.19. The zero-order chi connectivity index (χ0) is 9.02. The van der Waals surface area contributed by atoms with Gasteiger partial charge in [0.1, 0.15) is 6.04 Å². The van der Waals surface area contributed by atoms with Crippen molar-refractivity contribution >= 4 is 5.97 Å². The van der Waals surface area contributed by atoms with E-state index in [9.17, 15) is 4.79 Å². The fourth-order valence-corrected chi connectivity index (χ4v) is 0.608. The van der Waals surface area contributed by atoms with Gasteiger partial charge in [0.15, 0.2) is 0 Å². The number of rotatable bonds is 4. The number of aliphatic hydroxyl groups excluding tert-OH is 2. The maximum Gasteiger partial charge on any atom is 0.323 e. The van der Waals surface area contributed by atoms with Crippen LogP contribution in [0.15, 0.2) is 0 Å². The normalized spacial score (nSPS) is 18.9. The molecule has 0 bridgehead atoms. The van der Waals surface area contributed by atoms with Gasteiger partial charge < -0.3 is 21.1 Å². The van der Waals surface area contributed by atoms with E-state index in [2.05, 4.69) is 0 Å². The van der Waals surface area contributed by atoms with Gasteiger partial charge in [-0.15, -0.1) is 0 Å². The summed E-state index contributed by atoms with van der Waals surface area (Å²) in [6.07, 6.45) is -1.20. The minimum absolute atomic E-state index is 0.276. The van der Waals surface area contributed by atoms with Crippen LogP contribution in [0.3, 0.4) is 0 Å². The molecule has 0 radical (unpaired) electrons. The number of aliphatic carboxylic acids is 1. The summed E-state index contributed by atoms with van der Waals surface area (Å²) in [5.74, 6) is -1.78. The highest BCUT2D eigenvalue weighted by molar-refractivity contribution is 5.73. The second kappa shape index (κ2) is 4.27. The molecule has 5 heteroatoms. The van der Waals surface area contributed by atoms with Gasteiger partial charge in [0, 0.05) is 12.5 Å². The van der Waals surface area contributed by atoms with E-state index in [1.807, 2.05) is 0 Å². The highest BCUT2D eigenvalue weighted by Crippen LogP contribution is 2.04. The van der Waals surface area contributed by atoms with Crippen LogP contribution >= 0.6 is 0 Å². The topological polar surface area (TPSA) is 104 Å². The molecule has 0 fully saturated rings. The van der Waals surface area contributed by atoms with Crippen LogP contribution in [-0.2, 0) is 4.79 Å². The van der Waals surface area contributed by atoms with Crippen molar-refractivity contribution in [2.45, 2.75) is 19.1 Å². The molecule has 3 atom stereocenters. The van der Waals surface area contributed by atoms with Gasteiger partial charge in [0.2, 0.25) is 0 Å². The summed E-state index contributed by atoms with van der Waals surface area (Å²) in [7, 11) is 0. The highest BCUT2D eigenvalue weighted by atomic mass is 16.4. The second-order valence-corrected chi connectivity index (χ2v) is 2.51. The number of hydrogen-bond donors (Lipinski definition) is 4. The highest BCUT2D eigenvalue weighted by Gasteiger charge is 2.26. The molecule has 0 saturated heterocycles. The van der Waals surface area contributed by atoms with E-state index >= 15 is 0 Å². The SMILES string of the molecule is CC(CO)C(O)[C@H](N)C(=O)O. The molecule has 2 unspecified atom stereocenters. The monoisotopic (exact) mass is 163 g/mol. The van der Waals surface area contributed by atoms with Gasteiger partial charge >= 0.3 is 5.97 Å². The van der Waals surface area contributed by atoms with Crippen LogP contribution in [-0.4, -0.2) is 40.0 Å². The number of nitrogens with two attached hydrogens (primary N) is 1. The van der Waals surface area contributed by atoms with Crippen molar-refractivity contribution in [2.75, 3.05) is 6.61 Å². The van der Waals surface area contributed by atoms with E-state index in [-0.39, 0.29) is 6.61 Å². The Morgan fingerprint density at radius 1 is 1.64 bits per heavy atom. The van der Waals surface area contributed by atoms with E-state index in [0.29, 0.717) is 0 Å². The minimum atomic E-state index is -1.32. The van der Waals surface area contributed by atoms with Crippen molar-refractivity contribution in [3.05, 3.63) is 0 Å². The molecule has 0 aliphatic heterocycles. The number of hydrogen-bond acceptors (Lipinski definition) is 4. The molecule has 11 heavy (non-hydrogen) atoms. The smallest absolute Gasteiger partial charge is 0.323 e. The summed E-state index contributed by atoms with van der Waals surface area (Å²) in [5.41, 5.74) is 5.08. The van der Waals surface area contributed by atoms with Crippen LogP contribution < -0.4 is 5.73 Å². The molecule has 5 N–H and O–H groups in total. The Hall–Kier alpha value is -0.650. The summed E-state index contributed by atoms with van der Waals surface area (Å²) in [5, 5.41) is 25.9. The fraction of sp³-hybridized carbons (Fsp3) is 0.833. The molecular weight excluding hydrogens is 150 g/mol. The molecule has 0 aromatic carbocycles. The standard InChI is InChI=1S/C6H13NO4/c1-3(2-8)5(9)4(7)6(10)11/h3-5,8-9H,2,7H2,1H3,(H,10,11)/t3?,4-,5?/m0/s1. The Bertz CT molecular complexity index is 139. The average molecular weight is 163 g/mol. The maximum atomic E-state index is 10.2. The third kappa shape index (κ3) is 2.83. The van der Waals surface area contributed by atoms with E-state index < -0.39 is 24.0 Å². The Morgan fingerprint density at radius 3 is 2.36 bits per heavy atom. The van der Waals surface area contributed by atoms with Gasteiger partial charge in [0.25, 0.3) is 0 Å². The summed E-state index contributed by atoms with van der Waals surface area (Å²) in [6.45, 7) is 1.25. The van der Waals surface area contributed by atoms with Crippen LogP contribution in [0.2, 0.25) is 0 Å². The van der Waals surface area contributed by atoms with Gasteiger partial charge in [-0.2, -0.15) is 0 Å². The first-order valence-corrected chi connectivity index (χ1v) is 3.28. The van der Waals surface area contributed by atoms with Crippen molar-refractivity contribution in [3.63, 3.8) is 0 Å². The Kier molecular flexibility index (Phi) is 4.02. The lowest BCUT2D eigenvalue weighted by atomic mass is 9.99. The van der Waals surface area contributed by atoms with E-state index in [1.165, 1.54) is 6.92 Å². The fourth-order valence-electron chi connectivity index (χ4n) is 0.608. The number of carbonyl (C=O) groups is 1. The maximum absolute atomic E-state index is 10.2. The predicted molar refractivity (Wildman–Crippen MR) is 37.9 cm³/mol. The molecule has 0 rings (SSSR count). The van der Waals surface area contributed by atoms with Crippen LogP contribution in [0.25, 0.3) is 0 Å². The molecule has 0 aliphatic carbocycles. The molecule has 0 saturated carbocycles. The number of carboxylic acids is 1. The Labute approximate surface area is 64.4 Å². The van der Waals surface area contributed by atoms with Crippen LogP contribution in [0.1, 0.15) is 6.92 Å². The number of carboxylic acid groups (broad SMARTS) is 1. The summed E-state index contributed by atoms with van der Waals surface area (Å²) in [4.78, 5) is 10.2. The Balaban J connectivity index is 4.00. The van der Waals surface area contributed by atoms with Gasteiger partial charge in [-0.3, -0.25) is 4.79 Å². The lowest BCUT2D eigenvalue weighted by Crippen LogP contribution is -2.45. The molecule has 0 amide bonds. The van der Waals surface area contributed by atoms with Crippen molar-refractivity contribution in [1.29, 1.82) is 0 Å². The van der Waals surface area contributed by atoms with Gasteiger partial charge in [-0.25, -0.2) is 0 Å². The molecule has 0 heterocycles. The van der Waals surface area contributed by atoms with E-state index in [4.69, 9.17) is 21.1 Å². The molecular formula is C6H13NO4. The molecule has 66 valence electrons. The Morgan fingerprint density at radius 2 is 2.09 bits per heavy atom. The van der Waals surface area contributed by atoms with Crippen molar-refractivity contribution in [3.8, 4) is 0 Å². The third-order valence-corrected chi connectivity index (χ3v) is 1.52. The summed E-state index contributed by atoms with van der Waals surface area (Å²) < 4.78 is 0. The zero-order valence-electron chi connectivity index (χ0n) is 6.27. The molecule has 0 aliphatic rings.